The van der Waals surface area contributed by atoms with E-state index in [0.29, 0.717) is 0 Å². The molecule has 3 aromatic rings. The third-order valence-electron chi connectivity index (χ3n) is 3.10. The van der Waals surface area contributed by atoms with Crippen molar-refractivity contribution >= 4 is 0 Å². The fourth-order valence-electron chi connectivity index (χ4n) is 2.20. The van der Waals surface area contributed by atoms with Crippen LogP contribution in [-0.2, 0) is 0 Å². The van der Waals surface area contributed by atoms with Crippen LogP contribution in [0.25, 0.3) is 22.5 Å². The third kappa shape index (κ3) is 2.26. The molecule has 2 heterocycles. The maximum Gasteiger partial charge on any atom is 0.137 e. The van der Waals surface area contributed by atoms with Crippen molar-refractivity contribution in [2.24, 2.45) is 0 Å². The predicted octanol–water partition coefficient (Wildman–Crippen LogP) is 3.82. The molecule has 1 aromatic carbocycles. The van der Waals surface area contributed by atoms with Crippen molar-refractivity contribution in [2.75, 3.05) is 7.11 Å². The molecule has 0 aliphatic heterocycles. The van der Waals surface area contributed by atoms with Crippen LogP contribution in [0.2, 0.25) is 0 Å². The number of rotatable bonds is 3. The highest BCUT2D eigenvalue weighted by Crippen LogP contribution is 2.36. The molecule has 3 rings (SSSR count). The summed E-state index contributed by atoms with van der Waals surface area (Å²) in [5.74, 6) is 0.796. The van der Waals surface area contributed by atoms with Crippen LogP contribution in [0.15, 0.2) is 67.0 Å². The summed E-state index contributed by atoms with van der Waals surface area (Å²) in [7, 11) is 1.67. The van der Waals surface area contributed by atoms with Gasteiger partial charge < -0.3 is 4.74 Å². The van der Waals surface area contributed by atoms with E-state index in [1.54, 1.807) is 19.5 Å². The first-order valence-electron chi connectivity index (χ1n) is 6.40. The standard InChI is InChI=1S/C17H14N2O/c1-20-17-13(15-9-2-4-11-18-15)7-6-8-14(17)16-10-3-5-12-19-16/h2-12H,1H3. The van der Waals surface area contributed by atoms with Gasteiger partial charge in [-0.25, -0.2) is 0 Å². The van der Waals surface area contributed by atoms with Crippen molar-refractivity contribution in [3.8, 4) is 28.3 Å². The van der Waals surface area contributed by atoms with Gasteiger partial charge in [0, 0.05) is 23.5 Å². The maximum absolute atomic E-state index is 5.61. The van der Waals surface area contributed by atoms with Crippen molar-refractivity contribution in [1.82, 2.24) is 9.97 Å². The number of nitrogens with zero attached hydrogens (tertiary/aromatic N) is 2. The van der Waals surface area contributed by atoms with E-state index in [9.17, 15) is 0 Å². The molecular formula is C17H14N2O. The smallest absolute Gasteiger partial charge is 0.137 e. The Labute approximate surface area is 117 Å². The molecule has 3 heteroatoms. The maximum atomic E-state index is 5.61. The molecule has 0 saturated carbocycles. The van der Waals surface area contributed by atoms with E-state index < -0.39 is 0 Å². The molecule has 3 nitrogen and oxygen atoms in total. The molecule has 0 radical (unpaired) electrons. The number of benzene rings is 1. The van der Waals surface area contributed by atoms with Crippen LogP contribution < -0.4 is 4.74 Å². The van der Waals surface area contributed by atoms with Crippen LogP contribution in [-0.4, -0.2) is 17.1 Å². The lowest BCUT2D eigenvalue weighted by Crippen LogP contribution is -1.94. The Bertz CT molecular complexity index is 639. The SMILES string of the molecule is COc1c(-c2ccccn2)cccc1-c1ccccn1. The summed E-state index contributed by atoms with van der Waals surface area (Å²) in [6.07, 6.45) is 3.56. The highest BCUT2D eigenvalue weighted by molar-refractivity contribution is 5.79. The summed E-state index contributed by atoms with van der Waals surface area (Å²) >= 11 is 0. The van der Waals surface area contributed by atoms with Crippen molar-refractivity contribution in [3.63, 3.8) is 0 Å². The topological polar surface area (TPSA) is 35.0 Å². The van der Waals surface area contributed by atoms with Crippen LogP contribution in [0.4, 0.5) is 0 Å². The first kappa shape index (κ1) is 12.4. The summed E-state index contributed by atoms with van der Waals surface area (Å²) in [5.41, 5.74) is 3.72. The minimum Gasteiger partial charge on any atom is -0.495 e. The highest BCUT2D eigenvalue weighted by atomic mass is 16.5. The zero-order valence-electron chi connectivity index (χ0n) is 11.2. The van der Waals surface area contributed by atoms with Crippen molar-refractivity contribution in [3.05, 3.63) is 67.0 Å². The van der Waals surface area contributed by atoms with Crippen LogP contribution in [0.3, 0.4) is 0 Å². The fourth-order valence-corrected chi connectivity index (χ4v) is 2.20. The second kappa shape index (κ2) is 5.53. The molecule has 0 saturated heterocycles. The van der Waals surface area contributed by atoms with E-state index in [4.69, 9.17) is 4.74 Å². The lowest BCUT2D eigenvalue weighted by molar-refractivity contribution is 0.418. The molecule has 0 fully saturated rings. The van der Waals surface area contributed by atoms with Gasteiger partial charge in [0.25, 0.3) is 0 Å². The van der Waals surface area contributed by atoms with E-state index in [2.05, 4.69) is 9.97 Å². The summed E-state index contributed by atoms with van der Waals surface area (Å²) < 4.78 is 5.61. The van der Waals surface area contributed by atoms with Gasteiger partial charge >= 0.3 is 0 Å². The van der Waals surface area contributed by atoms with E-state index in [1.807, 2.05) is 54.6 Å². The number of ether oxygens (including phenoxy) is 1. The Balaban J connectivity index is 2.19. The minimum absolute atomic E-state index is 0.796. The quantitative estimate of drug-likeness (QED) is 0.719. The third-order valence-corrected chi connectivity index (χ3v) is 3.10. The first-order chi connectivity index (χ1) is 9.90. The van der Waals surface area contributed by atoms with E-state index in [1.165, 1.54) is 0 Å². The van der Waals surface area contributed by atoms with E-state index >= 15 is 0 Å². The molecule has 0 amide bonds. The van der Waals surface area contributed by atoms with Gasteiger partial charge in [-0.2, -0.15) is 0 Å². The van der Waals surface area contributed by atoms with Crippen molar-refractivity contribution in [1.29, 1.82) is 0 Å². The Morgan fingerprint density at radius 2 is 1.25 bits per heavy atom. The molecule has 20 heavy (non-hydrogen) atoms. The average Bonchev–Trinajstić information content (AvgIpc) is 2.55. The number of pyridine rings is 2. The van der Waals surface area contributed by atoms with E-state index in [0.717, 1.165) is 28.3 Å². The van der Waals surface area contributed by atoms with Gasteiger partial charge in [0.15, 0.2) is 0 Å². The molecule has 0 spiro atoms. The van der Waals surface area contributed by atoms with Crippen LogP contribution >= 0.6 is 0 Å². The predicted molar refractivity (Wildman–Crippen MR) is 79.5 cm³/mol. The molecule has 98 valence electrons. The average molecular weight is 262 g/mol. The Morgan fingerprint density at radius 1 is 0.700 bits per heavy atom. The number of aromatic nitrogens is 2. The van der Waals surface area contributed by atoms with Crippen LogP contribution in [0.5, 0.6) is 5.75 Å². The van der Waals surface area contributed by atoms with Gasteiger partial charge in [0.2, 0.25) is 0 Å². The molecule has 2 aromatic heterocycles. The number of para-hydroxylation sites is 1. The lowest BCUT2D eigenvalue weighted by atomic mass is 10.0. The molecule has 0 aliphatic rings. The van der Waals surface area contributed by atoms with Gasteiger partial charge in [-0.05, 0) is 36.4 Å². The number of methoxy groups -OCH3 is 1. The summed E-state index contributed by atoms with van der Waals surface area (Å²) in [5, 5.41) is 0. The zero-order valence-corrected chi connectivity index (χ0v) is 11.2. The minimum atomic E-state index is 0.796. The van der Waals surface area contributed by atoms with E-state index in [-0.39, 0.29) is 0 Å². The van der Waals surface area contributed by atoms with Crippen molar-refractivity contribution in [2.45, 2.75) is 0 Å². The van der Waals surface area contributed by atoms with Gasteiger partial charge in [-0.3, -0.25) is 9.97 Å². The molecule has 0 aliphatic carbocycles. The summed E-state index contributed by atoms with van der Waals surface area (Å²) in [4.78, 5) is 8.78. The number of hydrogen-bond acceptors (Lipinski definition) is 3. The summed E-state index contributed by atoms with van der Waals surface area (Å²) in [6.45, 7) is 0. The van der Waals surface area contributed by atoms with Crippen LogP contribution in [0.1, 0.15) is 0 Å². The largest absolute Gasteiger partial charge is 0.495 e. The van der Waals surface area contributed by atoms with Gasteiger partial charge in [0.05, 0.1) is 18.5 Å². The monoisotopic (exact) mass is 262 g/mol. The normalized spacial score (nSPS) is 10.2. The molecule has 0 N–H and O–H groups in total. The van der Waals surface area contributed by atoms with Crippen molar-refractivity contribution < 1.29 is 4.74 Å². The fraction of sp³-hybridized carbons (Fsp3) is 0.0588. The Morgan fingerprint density at radius 3 is 1.65 bits per heavy atom. The first-order valence-corrected chi connectivity index (χ1v) is 6.40. The van der Waals surface area contributed by atoms with Crippen LogP contribution in [0, 0.1) is 0 Å². The second-order valence-corrected chi connectivity index (χ2v) is 4.32. The zero-order chi connectivity index (χ0) is 13.8. The van der Waals surface area contributed by atoms with Gasteiger partial charge in [0.1, 0.15) is 5.75 Å². The highest BCUT2D eigenvalue weighted by Gasteiger charge is 2.13. The molecule has 0 bridgehead atoms. The van der Waals surface area contributed by atoms with Gasteiger partial charge in [-0.1, -0.05) is 18.2 Å². The molecular weight excluding hydrogens is 248 g/mol. The summed E-state index contributed by atoms with van der Waals surface area (Å²) in [6, 6.07) is 17.7. The second-order valence-electron chi connectivity index (χ2n) is 4.32. The molecule has 0 atom stereocenters. The Hall–Kier alpha value is -2.68. The lowest BCUT2D eigenvalue weighted by Gasteiger charge is -2.12. The van der Waals surface area contributed by atoms with Gasteiger partial charge in [-0.15, -0.1) is 0 Å². The number of hydrogen-bond donors (Lipinski definition) is 0. The Kier molecular flexibility index (Phi) is 3.42. The molecule has 0 unspecified atom stereocenters.